The van der Waals surface area contributed by atoms with Gasteiger partial charge in [0, 0.05) is 12.2 Å². The summed E-state index contributed by atoms with van der Waals surface area (Å²) in [5.74, 6) is 0.978. The van der Waals surface area contributed by atoms with Gasteiger partial charge < -0.3 is 10.4 Å². The summed E-state index contributed by atoms with van der Waals surface area (Å²) in [7, 11) is 0. The van der Waals surface area contributed by atoms with Crippen molar-refractivity contribution >= 4 is 17.3 Å². The molecular weight excluding hydrogens is 186 g/mol. The van der Waals surface area contributed by atoms with Gasteiger partial charge in [0.05, 0.1) is 5.02 Å². The molecular formula is C10H12ClNO. The van der Waals surface area contributed by atoms with E-state index in [2.05, 4.69) is 5.32 Å². The number of hydrogen-bond acceptors (Lipinski definition) is 2. The van der Waals surface area contributed by atoms with Crippen LogP contribution < -0.4 is 5.32 Å². The average Bonchev–Trinajstić information content (AvgIpc) is 2.91. The Kier molecular flexibility index (Phi) is 2.32. The van der Waals surface area contributed by atoms with E-state index in [0.717, 1.165) is 18.2 Å². The molecule has 1 aliphatic carbocycles. The molecule has 0 aromatic heterocycles. The summed E-state index contributed by atoms with van der Waals surface area (Å²) in [4.78, 5) is 0. The summed E-state index contributed by atoms with van der Waals surface area (Å²) >= 11 is 5.75. The van der Waals surface area contributed by atoms with Crippen molar-refractivity contribution in [1.29, 1.82) is 0 Å². The van der Waals surface area contributed by atoms with Crippen LogP contribution in [0.5, 0.6) is 5.75 Å². The maximum Gasteiger partial charge on any atom is 0.134 e. The molecule has 2 N–H and O–H groups in total. The van der Waals surface area contributed by atoms with Crippen LogP contribution in [-0.2, 0) is 0 Å². The van der Waals surface area contributed by atoms with Crippen LogP contribution in [0.2, 0.25) is 5.02 Å². The highest BCUT2D eigenvalue weighted by Gasteiger charge is 2.20. The maximum absolute atomic E-state index is 9.17. The molecule has 3 heteroatoms. The zero-order valence-corrected chi connectivity index (χ0v) is 8.01. The van der Waals surface area contributed by atoms with Crippen molar-refractivity contribution in [3.05, 3.63) is 23.2 Å². The minimum Gasteiger partial charge on any atom is -0.506 e. The van der Waals surface area contributed by atoms with E-state index in [1.54, 1.807) is 12.1 Å². The lowest BCUT2D eigenvalue weighted by molar-refractivity contribution is 0.475. The van der Waals surface area contributed by atoms with Crippen molar-refractivity contribution < 1.29 is 5.11 Å². The van der Waals surface area contributed by atoms with Gasteiger partial charge in [-0.3, -0.25) is 0 Å². The number of anilines is 1. The topological polar surface area (TPSA) is 32.3 Å². The Morgan fingerprint density at radius 3 is 2.85 bits per heavy atom. The van der Waals surface area contributed by atoms with Crippen molar-refractivity contribution in [2.75, 3.05) is 11.9 Å². The molecule has 2 nitrogen and oxygen atoms in total. The number of phenols is 1. The Labute approximate surface area is 82.5 Å². The van der Waals surface area contributed by atoms with Gasteiger partial charge in [-0.05, 0) is 37.0 Å². The first kappa shape index (κ1) is 8.70. The van der Waals surface area contributed by atoms with E-state index in [9.17, 15) is 5.11 Å². The van der Waals surface area contributed by atoms with Gasteiger partial charge in [-0.15, -0.1) is 0 Å². The molecule has 0 bridgehead atoms. The Hall–Kier alpha value is -0.890. The van der Waals surface area contributed by atoms with Crippen molar-refractivity contribution in [3.63, 3.8) is 0 Å². The molecule has 0 atom stereocenters. The molecule has 1 aromatic rings. The second kappa shape index (κ2) is 3.46. The number of benzene rings is 1. The highest BCUT2D eigenvalue weighted by Crippen LogP contribution is 2.30. The van der Waals surface area contributed by atoms with E-state index in [1.165, 1.54) is 12.8 Å². The molecule has 1 aliphatic rings. The van der Waals surface area contributed by atoms with Crippen LogP contribution >= 0.6 is 11.6 Å². The van der Waals surface area contributed by atoms with E-state index in [-0.39, 0.29) is 5.75 Å². The van der Waals surface area contributed by atoms with Crippen LogP contribution in [-0.4, -0.2) is 11.7 Å². The highest BCUT2D eigenvalue weighted by molar-refractivity contribution is 6.32. The van der Waals surface area contributed by atoms with Gasteiger partial charge in [-0.1, -0.05) is 11.6 Å². The Balaban J connectivity index is 1.98. The van der Waals surface area contributed by atoms with Crippen molar-refractivity contribution in [1.82, 2.24) is 0 Å². The van der Waals surface area contributed by atoms with E-state index in [4.69, 9.17) is 11.6 Å². The zero-order valence-electron chi connectivity index (χ0n) is 7.26. The summed E-state index contributed by atoms with van der Waals surface area (Å²) in [5, 5.41) is 12.9. The lowest BCUT2D eigenvalue weighted by atomic mass is 10.3. The van der Waals surface area contributed by atoms with E-state index >= 15 is 0 Å². The molecule has 0 unspecified atom stereocenters. The number of hydrogen-bond donors (Lipinski definition) is 2. The summed E-state index contributed by atoms with van der Waals surface area (Å²) in [6, 6.07) is 5.19. The van der Waals surface area contributed by atoms with Gasteiger partial charge in [0.1, 0.15) is 5.75 Å². The third kappa shape index (κ3) is 2.28. The fourth-order valence-electron chi connectivity index (χ4n) is 1.20. The molecule has 70 valence electrons. The molecule has 0 saturated heterocycles. The van der Waals surface area contributed by atoms with Crippen LogP contribution in [0.3, 0.4) is 0 Å². The Morgan fingerprint density at radius 2 is 2.23 bits per heavy atom. The standard InChI is InChI=1S/C10H12ClNO/c11-9-5-8(3-4-10(9)13)12-6-7-1-2-7/h3-5,7,12-13H,1-2,6H2. The molecule has 0 aliphatic heterocycles. The smallest absolute Gasteiger partial charge is 0.134 e. The fraction of sp³-hybridized carbons (Fsp3) is 0.400. The van der Waals surface area contributed by atoms with E-state index in [0.29, 0.717) is 5.02 Å². The minimum atomic E-state index is 0.138. The summed E-state index contributed by atoms with van der Waals surface area (Å²) in [5.41, 5.74) is 0.981. The van der Waals surface area contributed by atoms with Crippen LogP contribution in [0.15, 0.2) is 18.2 Å². The number of halogens is 1. The predicted molar refractivity (Wildman–Crippen MR) is 54.3 cm³/mol. The molecule has 0 amide bonds. The van der Waals surface area contributed by atoms with Crippen molar-refractivity contribution in [2.45, 2.75) is 12.8 Å². The third-order valence-corrected chi connectivity index (χ3v) is 2.54. The van der Waals surface area contributed by atoms with Gasteiger partial charge in [-0.25, -0.2) is 0 Å². The van der Waals surface area contributed by atoms with Crippen LogP contribution in [0.25, 0.3) is 0 Å². The first-order chi connectivity index (χ1) is 6.25. The second-order valence-corrected chi connectivity index (χ2v) is 3.90. The number of rotatable bonds is 3. The SMILES string of the molecule is Oc1ccc(NCC2CC2)cc1Cl. The molecule has 1 saturated carbocycles. The first-order valence-electron chi connectivity index (χ1n) is 4.48. The molecule has 1 fully saturated rings. The summed E-state index contributed by atoms with van der Waals surface area (Å²) < 4.78 is 0. The molecule has 2 rings (SSSR count). The highest BCUT2D eigenvalue weighted by atomic mass is 35.5. The number of phenolic OH excluding ortho intramolecular Hbond substituents is 1. The fourth-order valence-corrected chi connectivity index (χ4v) is 1.38. The zero-order chi connectivity index (χ0) is 9.26. The van der Waals surface area contributed by atoms with Gasteiger partial charge in [-0.2, -0.15) is 0 Å². The Morgan fingerprint density at radius 1 is 1.46 bits per heavy atom. The number of aromatic hydroxyl groups is 1. The number of nitrogens with one attached hydrogen (secondary N) is 1. The second-order valence-electron chi connectivity index (χ2n) is 3.49. The largest absolute Gasteiger partial charge is 0.506 e. The molecule has 1 aromatic carbocycles. The maximum atomic E-state index is 9.17. The quantitative estimate of drug-likeness (QED) is 0.731. The summed E-state index contributed by atoms with van der Waals surface area (Å²) in [6.07, 6.45) is 2.66. The van der Waals surface area contributed by atoms with E-state index in [1.807, 2.05) is 6.07 Å². The average molecular weight is 198 g/mol. The van der Waals surface area contributed by atoms with E-state index < -0.39 is 0 Å². The normalized spacial score (nSPS) is 15.8. The van der Waals surface area contributed by atoms with Gasteiger partial charge in [0.2, 0.25) is 0 Å². The van der Waals surface area contributed by atoms with Gasteiger partial charge >= 0.3 is 0 Å². The van der Waals surface area contributed by atoms with Crippen LogP contribution in [0.4, 0.5) is 5.69 Å². The lowest BCUT2D eigenvalue weighted by Gasteiger charge is -2.05. The van der Waals surface area contributed by atoms with Crippen LogP contribution in [0, 0.1) is 5.92 Å². The molecule has 0 heterocycles. The first-order valence-corrected chi connectivity index (χ1v) is 4.86. The third-order valence-electron chi connectivity index (χ3n) is 2.24. The monoisotopic (exact) mass is 197 g/mol. The molecule has 0 spiro atoms. The lowest BCUT2D eigenvalue weighted by Crippen LogP contribution is -2.02. The minimum absolute atomic E-state index is 0.138. The van der Waals surface area contributed by atoms with Gasteiger partial charge in [0.15, 0.2) is 0 Å². The Bertz CT molecular complexity index is 310. The summed E-state index contributed by atoms with van der Waals surface area (Å²) in [6.45, 7) is 1.01. The molecule has 13 heavy (non-hydrogen) atoms. The van der Waals surface area contributed by atoms with Crippen molar-refractivity contribution in [3.8, 4) is 5.75 Å². The predicted octanol–water partition coefficient (Wildman–Crippen LogP) is 2.87. The molecule has 0 radical (unpaired) electrons. The van der Waals surface area contributed by atoms with Gasteiger partial charge in [0.25, 0.3) is 0 Å². The van der Waals surface area contributed by atoms with Crippen LogP contribution in [0.1, 0.15) is 12.8 Å². The van der Waals surface area contributed by atoms with Crippen molar-refractivity contribution in [2.24, 2.45) is 5.92 Å².